The first kappa shape index (κ1) is 23.3. The molecular weight excluding hydrogens is 440 g/mol. The van der Waals surface area contributed by atoms with Gasteiger partial charge in [-0.05, 0) is 61.1 Å². The van der Waals surface area contributed by atoms with Crippen LogP contribution in [0.4, 0.5) is 0 Å². The first-order valence-electron chi connectivity index (χ1n) is 11.2. The Kier molecular flexibility index (Phi) is 6.76. The Balaban J connectivity index is 1.49. The Hall–Kier alpha value is -2.84. The number of methoxy groups -OCH3 is 2. The van der Waals surface area contributed by atoms with Crippen molar-refractivity contribution in [3.05, 3.63) is 65.2 Å². The van der Waals surface area contributed by atoms with Gasteiger partial charge < -0.3 is 14.4 Å². The molecule has 176 valence electrons. The zero-order valence-electron chi connectivity index (χ0n) is 19.2. The van der Waals surface area contributed by atoms with Crippen molar-refractivity contribution in [2.24, 2.45) is 0 Å². The van der Waals surface area contributed by atoms with Crippen molar-refractivity contribution in [1.82, 2.24) is 9.21 Å². The van der Waals surface area contributed by atoms with E-state index in [0.29, 0.717) is 41.5 Å². The van der Waals surface area contributed by atoms with Crippen molar-refractivity contribution in [2.75, 3.05) is 40.4 Å². The molecule has 1 amide bonds. The molecule has 33 heavy (non-hydrogen) atoms. The second kappa shape index (κ2) is 9.57. The summed E-state index contributed by atoms with van der Waals surface area (Å²) < 4.78 is 38.7. The van der Waals surface area contributed by atoms with Gasteiger partial charge in [0.05, 0.1) is 19.1 Å². The molecule has 0 spiro atoms. The van der Waals surface area contributed by atoms with Crippen LogP contribution in [0.1, 0.15) is 33.5 Å². The van der Waals surface area contributed by atoms with Crippen molar-refractivity contribution in [2.45, 2.75) is 30.6 Å². The minimum Gasteiger partial charge on any atom is -0.493 e. The molecule has 1 aliphatic heterocycles. The van der Waals surface area contributed by atoms with Gasteiger partial charge in [-0.3, -0.25) is 4.79 Å². The van der Waals surface area contributed by atoms with E-state index in [4.69, 9.17) is 9.47 Å². The molecule has 0 saturated carbocycles. The number of carbonyl (C=O) groups is 1. The number of nitrogens with zero attached hydrogens (tertiary/aromatic N) is 2. The smallest absolute Gasteiger partial charge is 0.254 e. The van der Waals surface area contributed by atoms with Crippen LogP contribution in [0.5, 0.6) is 11.5 Å². The minimum atomic E-state index is -3.58. The van der Waals surface area contributed by atoms with Crippen molar-refractivity contribution < 1.29 is 22.7 Å². The predicted octanol–water partition coefficient (Wildman–Crippen LogP) is 3.07. The molecule has 0 atom stereocenters. The summed E-state index contributed by atoms with van der Waals surface area (Å²) >= 11 is 0. The summed E-state index contributed by atoms with van der Waals surface area (Å²) in [6.07, 6.45) is 5.30. The van der Waals surface area contributed by atoms with E-state index in [1.54, 1.807) is 36.3 Å². The van der Waals surface area contributed by atoms with Crippen LogP contribution in [0.15, 0.2) is 47.9 Å². The van der Waals surface area contributed by atoms with Crippen molar-refractivity contribution in [3.63, 3.8) is 0 Å². The Morgan fingerprint density at radius 2 is 1.76 bits per heavy atom. The molecule has 0 unspecified atom stereocenters. The van der Waals surface area contributed by atoms with E-state index < -0.39 is 10.0 Å². The maximum atomic E-state index is 13.2. The van der Waals surface area contributed by atoms with Gasteiger partial charge in [0.15, 0.2) is 11.5 Å². The summed E-state index contributed by atoms with van der Waals surface area (Å²) in [5, 5.41) is 0. The molecular formula is C25H30N2O5S. The number of rotatable bonds is 7. The van der Waals surface area contributed by atoms with E-state index in [1.165, 1.54) is 17.0 Å². The number of ether oxygens (including phenoxy) is 2. The Bertz CT molecular complexity index is 1170. The Morgan fingerprint density at radius 1 is 1.03 bits per heavy atom. The third-order valence-electron chi connectivity index (χ3n) is 6.40. The Morgan fingerprint density at radius 3 is 2.42 bits per heavy atom. The summed E-state index contributed by atoms with van der Waals surface area (Å²) in [6.45, 7) is 4.95. The number of aryl methyl sites for hydroxylation is 2. The van der Waals surface area contributed by atoms with Gasteiger partial charge in [-0.1, -0.05) is 12.1 Å². The standard InChI is InChI=1S/C25H30N2O5S/c1-4-6-20-15-21(17-23(31-2)24(20)32-3)25(28)26-11-13-27(14-12-26)33(29,30)22-10-9-18-7-5-8-19(18)16-22/h4,9-10,15-17H,1,5-8,11-14H2,2-3H3. The van der Waals surface area contributed by atoms with E-state index in [0.717, 1.165) is 30.4 Å². The average molecular weight is 471 g/mol. The van der Waals surface area contributed by atoms with Gasteiger partial charge >= 0.3 is 0 Å². The second-order valence-corrected chi connectivity index (χ2v) is 10.3. The fourth-order valence-corrected chi connectivity index (χ4v) is 6.12. The van der Waals surface area contributed by atoms with E-state index in [1.807, 2.05) is 12.1 Å². The molecule has 1 fully saturated rings. The van der Waals surface area contributed by atoms with Gasteiger partial charge in [0.1, 0.15) is 0 Å². The molecule has 2 aliphatic rings. The average Bonchev–Trinajstić information content (AvgIpc) is 3.31. The van der Waals surface area contributed by atoms with Crippen molar-refractivity contribution in [3.8, 4) is 11.5 Å². The molecule has 0 bridgehead atoms. The van der Waals surface area contributed by atoms with Gasteiger partial charge in [0.2, 0.25) is 10.0 Å². The maximum absolute atomic E-state index is 13.2. The molecule has 4 rings (SSSR count). The highest BCUT2D eigenvalue weighted by Gasteiger charge is 2.31. The number of piperazine rings is 1. The number of allylic oxidation sites excluding steroid dienone is 1. The molecule has 0 radical (unpaired) electrons. The van der Waals surface area contributed by atoms with Crippen LogP contribution in [0, 0.1) is 0 Å². The Labute approximate surface area is 195 Å². The lowest BCUT2D eigenvalue weighted by atomic mass is 10.0. The summed E-state index contributed by atoms with van der Waals surface area (Å²) in [4.78, 5) is 15.2. The highest BCUT2D eigenvalue weighted by atomic mass is 32.2. The SMILES string of the molecule is C=CCc1cc(C(=O)N2CCN(S(=O)(=O)c3ccc4c(c3)CCC4)CC2)cc(OC)c1OC. The van der Waals surface area contributed by atoms with Crippen LogP contribution < -0.4 is 9.47 Å². The van der Waals surface area contributed by atoms with Gasteiger partial charge in [-0.25, -0.2) is 8.42 Å². The van der Waals surface area contributed by atoms with Crippen LogP contribution in [-0.2, 0) is 29.3 Å². The molecule has 0 N–H and O–H groups in total. The fraction of sp³-hybridized carbons (Fsp3) is 0.400. The number of amides is 1. The van der Waals surface area contributed by atoms with Crippen molar-refractivity contribution >= 4 is 15.9 Å². The van der Waals surface area contributed by atoms with Gasteiger partial charge in [-0.2, -0.15) is 4.31 Å². The van der Waals surface area contributed by atoms with Crippen LogP contribution in [0.25, 0.3) is 0 Å². The molecule has 0 aromatic heterocycles. The summed E-state index contributed by atoms with van der Waals surface area (Å²) in [7, 11) is -0.487. The number of sulfonamides is 1. The van der Waals surface area contributed by atoms with E-state index in [-0.39, 0.29) is 19.0 Å². The molecule has 1 aliphatic carbocycles. The van der Waals surface area contributed by atoms with Gasteiger partial charge in [-0.15, -0.1) is 6.58 Å². The number of hydrogen-bond donors (Lipinski definition) is 0. The lowest BCUT2D eigenvalue weighted by Gasteiger charge is -2.34. The molecule has 1 heterocycles. The van der Waals surface area contributed by atoms with Crippen LogP contribution in [0.2, 0.25) is 0 Å². The normalized spacial score (nSPS) is 16.4. The zero-order valence-corrected chi connectivity index (χ0v) is 20.0. The third kappa shape index (κ3) is 4.50. The van der Waals surface area contributed by atoms with Gasteiger partial charge in [0, 0.05) is 37.3 Å². The summed E-state index contributed by atoms with van der Waals surface area (Å²) in [5.74, 6) is 0.910. The highest BCUT2D eigenvalue weighted by Crippen LogP contribution is 2.34. The van der Waals surface area contributed by atoms with E-state index in [9.17, 15) is 13.2 Å². The fourth-order valence-electron chi connectivity index (χ4n) is 4.65. The molecule has 8 heteroatoms. The van der Waals surface area contributed by atoms with E-state index >= 15 is 0 Å². The van der Waals surface area contributed by atoms with E-state index in [2.05, 4.69) is 6.58 Å². The number of hydrogen-bond acceptors (Lipinski definition) is 5. The lowest BCUT2D eigenvalue weighted by molar-refractivity contribution is 0.0697. The zero-order chi connectivity index (χ0) is 23.6. The highest BCUT2D eigenvalue weighted by molar-refractivity contribution is 7.89. The van der Waals surface area contributed by atoms with Crippen molar-refractivity contribution in [1.29, 1.82) is 0 Å². The largest absolute Gasteiger partial charge is 0.493 e. The summed E-state index contributed by atoms with van der Waals surface area (Å²) in [6, 6.07) is 8.93. The van der Waals surface area contributed by atoms with Crippen LogP contribution >= 0.6 is 0 Å². The first-order valence-corrected chi connectivity index (χ1v) is 12.6. The maximum Gasteiger partial charge on any atom is 0.254 e. The first-order chi connectivity index (χ1) is 15.9. The number of benzene rings is 2. The molecule has 7 nitrogen and oxygen atoms in total. The van der Waals surface area contributed by atoms with Gasteiger partial charge in [0.25, 0.3) is 5.91 Å². The molecule has 2 aromatic carbocycles. The topological polar surface area (TPSA) is 76.2 Å². The predicted molar refractivity (Wildman–Crippen MR) is 127 cm³/mol. The summed E-state index contributed by atoms with van der Waals surface area (Å²) in [5.41, 5.74) is 3.68. The quantitative estimate of drug-likeness (QED) is 0.582. The second-order valence-electron chi connectivity index (χ2n) is 8.34. The van der Waals surface area contributed by atoms with Crippen LogP contribution in [0.3, 0.4) is 0 Å². The monoisotopic (exact) mass is 470 g/mol. The lowest BCUT2D eigenvalue weighted by Crippen LogP contribution is -2.50. The molecule has 2 aromatic rings. The number of fused-ring (bicyclic) bond motifs is 1. The third-order valence-corrected chi connectivity index (χ3v) is 8.30. The number of carbonyl (C=O) groups excluding carboxylic acids is 1. The van der Waals surface area contributed by atoms with Crippen LogP contribution in [-0.4, -0.2) is 63.9 Å². The minimum absolute atomic E-state index is 0.157. The molecule has 1 saturated heterocycles.